The standard InChI is InChI=1S/C20H28O3/c1-12-7-10-16-19(2,3)17-13(11-20(16,4)18(12)21)14(22-5)8-9-15(17)23-6/h7-9,16,18,21H,10-11H2,1-6H3. The predicted octanol–water partition coefficient (Wildman–Crippen LogP) is 3.87. The maximum atomic E-state index is 10.9. The van der Waals surface area contributed by atoms with Gasteiger partial charge in [-0.3, -0.25) is 0 Å². The number of ether oxygens (including phenoxy) is 2. The van der Waals surface area contributed by atoms with E-state index in [2.05, 4.69) is 26.8 Å². The Bertz CT molecular complexity index is 659. The van der Waals surface area contributed by atoms with Gasteiger partial charge in [0.15, 0.2) is 0 Å². The van der Waals surface area contributed by atoms with Gasteiger partial charge in [-0.2, -0.15) is 0 Å². The van der Waals surface area contributed by atoms with Crippen molar-refractivity contribution in [2.24, 2.45) is 11.3 Å². The van der Waals surface area contributed by atoms with Gasteiger partial charge in [-0.15, -0.1) is 0 Å². The first-order chi connectivity index (χ1) is 10.8. The van der Waals surface area contributed by atoms with Crippen LogP contribution in [0.2, 0.25) is 0 Å². The fourth-order valence-electron chi connectivity index (χ4n) is 5.14. The molecule has 0 amide bonds. The second-order valence-corrected chi connectivity index (χ2v) is 7.87. The van der Waals surface area contributed by atoms with Gasteiger partial charge in [0.1, 0.15) is 11.5 Å². The minimum Gasteiger partial charge on any atom is -0.496 e. The number of aliphatic hydroxyl groups is 1. The third-order valence-electron chi connectivity index (χ3n) is 6.27. The third-order valence-corrected chi connectivity index (χ3v) is 6.27. The van der Waals surface area contributed by atoms with E-state index in [4.69, 9.17) is 9.47 Å². The molecule has 3 nitrogen and oxygen atoms in total. The highest BCUT2D eigenvalue weighted by atomic mass is 16.5. The zero-order chi connectivity index (χ0) is 17.0. The smallest absolute Gasteiger partial charge is 0.123 e. The van der Waals surface area contributed by atoms with Gasteiger partial charge in [0, 0.05) is 16.5 Å². The highest BCUT2D eigenvalue weighted by Gasteiger charge is 2.55. The van der Waals surface area contributed by atoms with Crippen LogP contribution in [-0.2, 0) is 11.8 Å². The number of aliphatic hydroxyl groups excluding tert-OH is 1. The molecule has 0 aromatic heterocycles. The molecule has 3 heteroatoms. The third kappa shape index (κ3) is 2.13. The fraction of sp³-hybridized carbons (Fsp3) is 0.600. The van der Waals surface area contributed by atoms with E-state index in [0.717, 1.165) is 29.9 Å². The minimum absolute atomic E-state index is 0.0968. The monoisotopic (exact) mass is 316 g/mol. The zero-order valence-corrected chi connectivity index (χ0v) is 15.1. The summed E-state index contributed by atoms with van der Waals surface area (Å²) >= 11 is 0. The van der Waals surface area contributed by atoms with E-state index in [1.54, 1.807) is 14.2 Å². The lowest BCUT2D eigenvalue weighted by molar-refractivity contribution is -0.0298. The highest BCUT2D eigenvalue weighted by Crippen LogP contribution is 2.59. The Hall–Kier alpha value is -1.48. The Morgan fingerprint density at radius 2 is 1.70 bits per heavy atom. The average molecular weight is 316 g/mol. The van der Waals surface area contributed by atoms with Crippen LogP contribution in [0.3, 0.4) is 0 Å². The summed E-state index contributed by atoms with van der Waals surface area (Å²) < 4.78 is 11.3. The van der Waals surface area contributed by atoms with Crippen LogP contribution in [0, 0.1) is 11.3 Å². The molecule has 2 aliphatic carbocycles. The van der Waals surface area contributed by atoms with Gasteiger partial charge in [-0.25, -0.2) is 0 Å². The van der Waals surface area contributed by atoms with Crippen LogP contribution in [0.4, 0.5) is 0 Å². The molecule has 23 heavy (non-hydrogen) atoms. The second kappa shape index (κ2) is 5.27. The molecule has 1 aromatic carbocycles. The molecule has 2 aliphatic rings. The Morgan fingerprint density at radius 3 is 2.30 bits per heavy atom. The molecule has 3 atom stereocenters. The molecule has 1 N–H and O–H groups in total. The molecule has 0 spiro atoms. The van der Waals surface area contributed by atoms with E-state index in [1.807, 2.05) is 19.1 Å². The molecule has 0 radical (unpaired) electrons. The van der Waals surface area contributed by atoms with Gasteiger partial charge in [0.2, 0.25) is 0 Å². The number of rotatable bonds is 2. The van der Waals surface area contributed by atoms with E-state index in [1.165, 1.54) is 11.1 Å². The van der Waals surface area contributed by atoms with Crippen LogP contribution < -0.4 is 9.47 Å². The Kier molecular flexibility index (Phi) is 3.75. The fourth-order valence-corrected chi connectivity index (χ4v) is 5.14. The summed E-state index contributed by atoms with van der Waals surface area (Å²) in [5.74, 6) is 2.18. The van der Waals surface area contributed by atoms with Crippen molar-refractivity contribution in [3.63, 3.8) is 0 Å². The van der Waals surface area contributed by atoms with Crippen LogP contribution in [0.15, 0.2) is 23.8 Å². The summed E-state index contributed by atoms with van der Waals surface area (Å²) in [6, 6.07) is 3.98. The Labute approximate surface area is 139 Å². The summed E-state index contributed by atoms with van der Waals surface area (Å²) in [5.41, 5.74) is 3.23. The number of benzene rings is 1. The summed E-state index contributed by atoms with van der Waals surface area (Å²) in [6.45, 7) is 8.81. The average Bonchev–Trinajstić information content (AvgIpc) is 2.51. The molecule has 0 fully saturated rings. The second-order valence-electron chi connectivity index (χ2n) is 7.87. The number of allylic oxidation sites excluding steroid dienone is 1. The topological polar surface area (TPSA) is 38.7 Å². The van der Waals surface area contributed by atoms with E-state index in [0.29, 0.717) is 5.92 Å². The predicted molar refractivity (Wildman–Crippen MR) is 92.3 cm³/mol. The van der Waals surface area contributed by atoms with Crippen molar-refractivity contribution in [3.8, 4) is 11.5 Å². The van der Waals surface area contributed by atoms with Gasteiger partial charge >= 0.3 is 0 Å². The van der Waals surface area contributed by atoms with Crippen LogP contribution in [0.1, 0.15) is 45.2 Å². The van der Waals surface area contributed by atoms with Gasteiger partial charge in [-0.1, -0.05) is 26.8 Å². The molecule has 1 aromatic rings. The van der Waals surface area contributed by atoms with Gasteiger partial charge < -0.3 is 14.6 Å². The van der Waals surface area contributed by atoms with Crippen molar-refractivity contribution in [1.29, 1.82) is 0 Å². The summed E-state index contributed by atoms with van der Waals surface area (Å²) in [4.78, 5) is 0. The number of methoxy groups -OCH3 is 2. The summed E-state index contributed by atoms with van der Waals surface area (Å²) in [5, 5.41) is 10.9. The molecule has 0 aliphatic heterocycles. The molecule has 0 saturated carbocycles. The molecule has 0 saturated heterocycles. The maximum absolute atomic E-state index is 10.9. The van der Waals surface area contributed by atoms with Crippen molar-refractivity contribution in [2.45, 2.75) is 52.1 Å². The first kappa shape index (κ1) is 16.4. The Balaban J connectivity index is 2.27. The van der Waals surface area contributed by atoms with E-state index >= 15 is 0 Å². The van der Waals surface area contributed by atoms with Crippen LogP contribution >= 0.6 is 0 Å². The van der Waals surface area contributed by atoms with E-state index in [-0.39, 0.29) is 10.8 Å². The SMILES string of the molecule is COc1ccc(OC)c2c1CC1(C)C(O)C(C)=CCC1C2(C)C. The van der Waals surface area contributed by atoms with Crippen molar-refractivity contribution >= 4 is 0 Å². The lowest BCUT2D eigenvalue weighted by Gasteiger charge is -2.55. The maximum Gasteiger partial charge on any atom is 0.123 e. The first-order valence-electron chi connectivity index (χ1n) is 8.36. The molecule has 3 unspecified atom stereocenters. The van der Waals surface area contributed by atoms with Gasteiger partial charge in [0.05, 0.1) is 20.3 Å². The molecule has 0 heterocycles. The largest absolute Gasteiger partial charge is 0.496 e. The van der Waals surface area contributed by atoms with Crippen molar-refractivity contribution < 1.29 is 14.6 Å². The van der Waals surface area contributed by atoms with Gasteiger partial charge in [-0.05, 0) is 48.8 Å². The lowest BCUT2D eigenvalue weighted by Crippen LogP contribution is -2.54. The number of hydrogen-bond acceptors (Lipinski definition) is 3. The van der Waals surface area contributed by atoms with E-state index in [9.17, 15) is 5.11 Å². The lowest BCUT2D eigenvalue weighted by atomic mass is 9.49. The van der Waals surface area contributed by atoms with Crippen molar-refractivity contribution in [1.82, 2.24) is 0 Å². The van der Waals surface area contributed by atoms with Crippen LogP contribution in [0.5, 0.6) is 11.5 Å². The van der Waals surface area contributed by atoms with Gasteiger partial charge in [0.25, 0.3) is 0 Å². The van der Waals surface area contributed by atoms with E-state index < -0.39 is 6.10 Å². The van der Waals surface area contributed by atoms with Crippen LogP contribution in [-0.4, -0.2) is 25.4 Å². The van der Waals surface area contributed by atoms with Crippen molar-refractivity contribution in [3.05, 3.63) is 34.9 Å². The molecular formula is C20H28O3. The Morgan fingerprint density at radius 1 is 1.09 bits per heavy atom. The quantitative estimate of drug-likeness (QED) is 0.842. The number of hydrogen-bond donors (Lipinski definition) is 1. The van der Waals surface area contributed by atoms with Crippen molar-refractivity contribution in [2.75, 3.05) is 14.2 Å². The summed E-state index contributed by atoms with van der Waals surface area (Å²) in [6.07, 6.45) is 3.59. The highest BCUT2D eigenvalue weighted by molar-refractivity contribution is 5.55. The first-order valence-corrected chi connectivity index (χ1v) is 8.36. The summed E-state index contributed by atoms with van der Waals surface area (Å²) in [7, 11) is 3.44. The minimum atomic E-state index is -0.412. The van der Waals surface area contributed by atoms with Crippen LogP contribution in [0.25, 0.3) is 0 Å². The zero-order valence-electron chi connectivity index (χ0n) is 15.1. The number of fused-ring (bicyclic) bond motifs is 2. The molecule has 3 rings (SSSR count). The normalized spacial score (nSPS) is 31.7. The molecule has 126 valence electrons. The molecular weight excluding hydrogens is 288 g/mol. The molecule has 0 bridgehead atoms.